The first kappa shape index (κ1) is 21.5. The maximum atomic E-state index is 12.9. The molecule has 0 radical (unpaired) electrons. The third kappa shape index (κ3) is 4.50. The Morgan fingerprint density at radius 2 is 1.46 bits per heavy atom. The minimum absolute atomic E-state index is 0.0162. The lowest BCUT2D eigenvalue weighted by Gasteiger charge is -2.08. The number of hydrogen-bond donors (Lipinski definition) is 1. The molecule has 0 aliphatic carbocycles. The average Bonchev–Trinajstić information content (AvgIpc) is 3.04. The van der Waals surface area contributed by atoms with Gasteiger partial charge in [-0.3, -0.25) is 4.72 Å². The van der Waals surface area contributed by atoms with Crippen LogP contribution in [0.15, 0.2) is 72.8 Å². The molecule has 148 valence electrons. The normalized spacial score (nSPS) is 12.1. The van der Waals surface area contributed by atoms with Gasteiger partial charge in [-0.1, -0.05) is 35.3 Å². The lowest BCUT2D eigenvalue weighted by atomic mass is 10.4. The van der Waals surface area contributed by atoms with Crippen molar-refractivity contribution in [2.45, 2.75) is 18.2 Å². The summed E-state index contributed by atoms with van der Waals surface area (Å²) in [6.45, 7) is 0. The van der Waals surface area contributed by atoms with Crippen LogP contribution in [-0.4, -0.2) is 23.1 Å². The number of sulfone groups is 1. The summed E-state index contributed by atoms with van der Waals surface area (Å²) >= 11 is 14.0. The van der Waals surface area contributed by atoms with Crippen LogP contribution in [0.5, 0.6) is 0 Å². The van der Waals surface area contributed by atoms with Crippen LogP contribution in [0.25, 0.3) is 0 Å². The number of hydrogen-bond acceptors (Lipinski definition) is 6. The Morgan fingerprint density at radius 1 is 0.893 bits per heavy atom. The molecule has 0 aliphatic rings. The Hall–Kier alpha value is -1.23. The van der Waals surface area contributed by atoms with Gasteiger partial charge < -0.3 is 0 Å². The van der Waals surface area contributed by atoms with Crippen molar-refractivity contribution in [1.29, 1.82) is 0 Å². The van der Waals surface area contributed by atoms with E-state index >= 15 is 0 Å². The second kappa shape index (κ2) is 8.25. The second-order valence-corrected chi connectivity index (χ2v) is 12.4. The van der Waals surface area contributed by atoms with E-state index in [0.29, 0.717) is 9.23 Å². The van der Waals surface area contributed by atoms with Crippen LogP contribution >= 0.6 is 46.3 Å². The zero-order valence-corrected chi connectivity index (χ0v) is 19.0. The van der Waals surface area contributed by atoms with Crippen LogP contribution < -0.4 is 4.72 Å². The fourth-order valence-electron chi connectivity index (χ4n) is 2.30. The van der Waals surface area contributed by atoms with Crippen molar-refractivity contribution in [2.75, 3.05) is 11.0 Å². The Labute approximate surface area is 181 Å². The van der Waals surface area contributed by atoms with Crippen molar-refractivity contribution in [2.24, 2.45) is 0 Å². The molecule has 3 aromatic rings. The largest absolute Gasteiger partial charge is 0.278 e. The van der Waals surface area contributed by atoms with Crippen LogP contribution in [0.4, 0.5) is 5.69 Å². The van der Waals surface area contributed by atoms with Crippen LogP contribution in [0, 0.1) is 0 Å². The Balaban J connectivity index is 2.02. The highest BCUT2D eigenvalue weighted by atomic mass is 35.5. The van der Waals surface area contributed by atoms with E-state index in [0.717, 1.165) is 11.3 Å². The zero-order chi connectivity index (χ0) is 20.5. The van der Waals surface area contributed by atoms with Gasteiger partial charge in [-0.05, 0) is 48.7 Å². The molecule has 0 bridgehead atoms. The van der Waals surface area contributed by atoms with Crippen molar-refractivity contribution >= 4 is 71.8 Å². The van der Waals surface area contributed by atoms with Crippen molar-refractivity contribution in [3.8, 4) is 0 Å². The average molecular weight is 494 g/mol. The standard InChI is InChI=1S/C17H13Cl2NO4S4/c1-25-17-15(20-28(23,24)14-7-3-5-12(19)9-14)10-16(26-17)27(21,22)13-6-2-4-11(18)8-13/h2-10,20H,1H3. The van der Waals surface area contributed by atoms with Gasteiger partial charge in [0.2, 0.25) is 9.84 Å². The predicted octanol–water partition coefficient (Wildman–Crippen LogP) is 5.41. The number of anilines is 1. The lowest BCUT2D eigenvalue weighted by molar-refractivity contribution is 0.597. The predicted molar refractivity (Wildman–Crippen MR) is 115 cm³/mol. The van der Waals surface area contributed by atoms with E-state index < -0.39 is 19.9 Å². The third-order valence-electron chi connectivity index (χ3n) is 3.58. The highest BCUT2D eigenvalue weighted by Gasteiger charge is 2.25. The summed E-state index contributed by atoms with van der Waals surface area (Å²) in [6, 6.07) is 13.0. The molecule has 11 heteroatoms. The van der Waals surface area contributed by atoms with Gasteiger partial charge in [0.1, 0.15) is 4.21 Å². The molecule has 1 N–H and O–H groups in total. The fraction of sp³-hybridized carbons (Fsp3) is 0.0588. The molecule has 0 amide bonds. The molecule has 0 aliphatic heterocycles. The van der Waals surface area contributed by atoms with Gasteiger partial charge in [-0.15, -0.1) is 23.1 Å². The molecule has 0 saturated heterocycles. The van der Waals surface area contributed by atoms with E-state index in [1.54, 1.807) is 24.5 Å². The fourth-order valence-corrected chi connectivity index (χ4v) is 7.74. The molecule has 0 unspecified atom stereocenters. The van der Waals surface area contributed by atoms with Gasteiger partial charge in [-0.2, -0.15) is 0 Å². The molecular formula is C17H13Cl2NO4S4. The van der Waals surface area contributed by atoms with Crippen LogP contribution in [0.3, 0.4) is 0 Å². The first-order valence-electron chi connectivity index (χ1n) is 7.60. The molecule has 0 atom stereocenters. The van der Waals surface area contributed by atoms with Crippen LogP contribution in [-0.2, 0) is 19.9 Å². The van der Waals surface area contributed by atoms with E-state index in [-0.39, 0.29) is 24.7 Å². The van der Waals surface area contributed by atoms with E-state index in [1.807, 2.05) is 0 Å². The smallest absolute Gasteiger partial charge is 0.262 e. The number of thiophene rings is 1. The Morgan fingerprint density at radius 3 is 2.04 bits per heavy atom. The number of nitrogens with one attached hydrogen (secondary N) is 1. The van der Waals surface area contributed by atoms with Gasteiger partial charge in [0.25, 0.3) is 10.0 Å². The molecule has 3 rings (SSSR count). The van der Waals surface area contributed by atoms with E-state index in [1.165, 1.54) is 48.2 Å². The monoisotopic (exact) mass is 493 g/mol. The van der Waals surface area contributed by atoms with Gasteiger partial charge in [-0.25, -0.2) is 16.8 Å². The summed E-state index contributed by atoms with van der Waals surface area (Å²) in [7, 11) is -7.76. The molecule has 28 heavy (non-hydrogen) atoms. The molecule has 1 heterocycles. The number of thioether (sulfide) groups is 1. The quantitative estimate of drug-likeness (QED) is 0.464. The number of rotatable bonds is 6. The van der Waals surface area contributed by atoms with Gasteiger partial charge in [0, 0.05) is 10.0 Å². The summed E-state index contributed by atoms with van der Waals surface area (Å²) in [5, 5.41) is 0.576. The SMILES string of the molecule is CSc1sc(S(=O)(=O)c2cccc(Cl)c2)cc1NS(=O)(=O)c1cccc(Cl)c1. The summed E-state index contributed by atoms with van der Waals surface area (Å²) in [5.74, 6) is 0. The molecule has 0 saturated carbocycles. The minimum Gasteiger partial charge on any atom is -0.278 e. The Bertz CT molecular complexity index is 1240. The highest BCUT2D eigenvalue weighted by molar-refractivity contribution is 8.01. The van der Waals surface area contributed by atoms with E-state index in [9.17, 15) is 16.8 Å². The minimum atomic E-state index is -3.93. The van der Waals surface area contributed by atoms with Gasteiger partial charge >= 0.3 is 0 Å². The summed E-state index contributed by atoms with van der Waals surface area (Å²) in [5.41, 5.74) is 0.193. The van der Waals surface area contributed by atoms with Crippen molar-refractivity contribution in [1.82, 2.24) is 0 Å². The van der Waals surface area contributed by atoms with E-state index in [4.69, 9.17) is 23.2 Å². The van der Waals surface area contributed by atoms with Crippen molar-refractivity contribution < 1.29 is 16.8 Å². The zero-order valence-electron chi connectivity index (χ0n) is 14.2. The maximum absolute atomic E-state index is 12.9. The molecule has 0 fully saturated rings. The van der Waals surface area contributed by atoms with Crippen LogP contribution in [0.2, 0.25) is 10.0 Å². The third-order valence-corrected chi connectivity index (χ3v) is 9.91. The molecular weight excluding hydrogens is 481 g/mol. The summed E-state index contributed by atoms with van der Waals surface area (Å²) < 4.78 is 54.1. The second-order valence-electron chi connectivity index (χ2n) is 5.49. The number of benzene rings is 2. The molecule has 2 aromatic carbocycles. The molecule has 1 aromatic heterocycles. The summed E-state index contributed by atoms with van der Waals surface area (Å²) in [6.07, 6.45) is 1.73. The number of halogens is 2. The first-order valence-corrected chi connectivity index (χ1v) is 13.4. The van der Waals surface area contributed by atoms with Crippen molar-refractivity contribution in [3.05, 3.63) is 64.6 Å². The first-order chi connectivity index (χ1) is 13.1. The Kier molecular flexibility index (Phi) is 6.33. The molecule has 5 nitrogen and oxygen atoms in total. The highest BCUT2D eigenvalue weighted by Crippen LogP contribution is 2.40. The number of sulfonamides is 1. The topological polar surface area (TPSA) is 80.3 Å². The summed E-state index contributed by atoms with van der Waals surface area (Å²) in [4.78, 5) is 0.0238. The van der Waals surface area contributed by atoms with Gasteiger partial charge in [0.15, 0.2) is 0 Å². The van der Waals surface area contributed by atoms with E-state index in [2.05, 4.69) is 4.72 Å². The van der Waals surface area contributed by atoms with Gasteiger partial charge in [0.05, 0.1) is 19.7 Å². The van der Waals surface area contributed by atoms with Crippen LogP contribution in [0.1, 0.15) is 0 Å². The molecule has 0 spiro atoms. The maximum Gasteiger partial charge on any atom is 0.262 e. The lowest BCUT2D eigenvalue weighted by Crippen LogP contribution is -2.12. The van der Waals surface area contributed by atoms with Crippen molar-refractivity contribution in [3.63, 3.8) is 0 Å².